The molecule has 1 heterocycles. The van der Waals surface area contributed by atoms with Gasteiger partial charge in [-0.25, -0.2) is 0 Å². The van der Waals surface area contributed by atoms with Crippen LogP contribution in [0.15, 0.2) is 0 Å². The normalized spacial score (nSPS) is 29.6. The maximum absolute atomic E-state index is 6.02. The van der Waals surface area contributed by atoms with Crippen molar-refractivity contribution < 1.29 is 0 Å². The van der Waals surface area contributed by atoms with Crippen LogP contribution in [-0.2, 0) is 7.05 Å². The topological polar surface area (TPSA) is 55.9 Å². The van der Waals surface area contributed by atoms with Crippen LogP contribution >= 0.6 is 0 Å². The van der Waals surface area contributed by atoms with Crippen LogP contribution in [-0.4, -0.2) is 15.8 Å². The Morgan fingerprint density at radius 2 is 2.06 bits per heavy atom. The lowest BCUT2D eigenvalue weighted by atomic mass is 9.98. The molecule has 1 aliphatic carbocycles. The molecular formula is C12H22N4. The Balaban J connectivity index is 2.15. The largest absolute Gasteiger partial charge is 0.394 e. The van der Waals surface area contributed by atoms with Gasteiger partial charge in [-0.15, -0.1) is 0 Å². The molecule has 0 spiro atoms. The molecule has 1 aromatic rings. The number of nitrogens with one attached hydrogen (secondary N) is 1. The number of aromatic nitrogens is 2. The first-order chi connectivity index (χ1) is 7.50. The molecule has 1 fully saturated rings. The molecule has 1 aliphatic rings. The predicted octanol–water partition coefficient (Wildman–Crippen LogP) is 2.16. The van der Waals surface area contributed by atoms with Crippen LogP contribution in [0.4, 0.5) is 11.5 Å². The molecule has 0 aromatic carbocycles. The SMILES string of the molecule is Cc1nn(C)c(NC2CCC(C)C2C)c1N. The minimum atomic E-state index is 0.534. The summed E-state index contributed by atoms with van der Waals surface area (Å²) >= 11 is 0. The number of aryl methyl sites for hydroxylation is 2. The van der Waals surface area contributed by atoms with E-state index in [4.69, 9.17) is 5.73 Å². The first kappa shape index (κ1) is 11.3. The monoisotopic (exact) mass is 222 g/mol. The van der Waals surface area contributed by atoms with Crippen molar-refractivity contribution in [1.29, 1.82) is 0 Å². The number of hydrogen-bond donors (Lipinski definition) is 2. The molecule has 16 heavy (non-hydrogen) atoms. The van der Waals surface area contributed by atoms with Gasteiger partial charge in [0.15, 0.2) is 0 Å². The fourth-order valence-corrected chi connectivity index (χ4v) is 2.59. The van der Waals surface area contributed by atoms with E-state index in [0.29, 0.717) is 12.0 Å². The van der Waals surface area contributed by atoms with E-state index < -0.39 is 0 Å². The fraction of sp³-hybridized carbons (Fsp3) is 0.750. The van der Waals surface area contributed by atoms with Gasteiger partial charge in [0.05, 0.1) is 11.4 Å². The van der Waals surface area contributed by atoms with Crippen LogP contribution in [0.3, 0.4) is 0 Å². The Bertz CT molecular complexity index is 383. The highest BCUT2D eigenvalue weighted by atomic mass is 15.3. The van der Waals surface area contributed by atoms with Gasteiger partial charge in [0.25, 0.3) is 0 Å². The Kier molecular flexibility index (Phi) is 2.82. The van der Waals surface area contributed by atoms with Gasteiger partial charge >= 0.3 is 0 Å². The minimum absolute atomic E-state index is 0.534. The molecule has 90 valence electrons. The van der Waals surface area contributed by atoms with Crippen LogP contribution in [0.1, 0.15) is 32.4 Å². The lowest BCUT2D eigenvalue weighted by molar-refractivity contribution is 0.434. The average Bonchev–Trinajstić information content (AvgIpc) is 2.66. The van der Waals surface area contributed by atoms with Gasteiger partial charge in [0.2, 0.25) is 0 Å². The summed E-state index contributed by atoms with van der Waals surface area (Å²) < 4.78 is 1.85. The van der Waals surface area contributed by atoms with Crippen molar-refractivity contribution in [1.82, 2.24) is 9.78 Å². The summed E-state index contributed by atoms with van der Waals surface area (Å²) in [4.78, 5) is 0. The summed E-state index contributed by atoms with van der Waals surface area (Å²) in [6, 6.07) is 0.534. The van der Waals surface area contributed by atoms with E-state index in [1.807, 2.05) is 18.7 Å². The first-order valence-electron chi connectivity index (χ1n) is 6.06. The van der Waals surface area contributed by atoms with E-state index in [2.05, 4.69) is 24.3 Å². The molecule has 0 amide bonds. The number of rotatable bonds is 2. The third kappa shape index (κ3) is 1.77. The van der Waals surface area contributed by atoms with Crippen LogP contribution in [0.5, 0.6) is 0 Å². The Morgan fingerprint density at radius 1 is 1.38 bits per heavy atom. The zero-order valence-electron chi connectivity index (χ0n) is 10.6. The molecule has 0 saturated heterocycles. The van der Waals surface area contributed by atoms with E-state index in [1.54, 1.807) is 0 Å². The Morgan fingerprint density at radius 3 is 2.50 bits per heavy atom. The van der Waals surface area contributed by atoms with Gasteiger partial charge in [-0.1, -0.05) is 13.8 Å². The highest BCUT2D eigenvalue weighted by Crippen LogP contribution is 2.34. The molecule has 3 unspecified atom stereocenters. The third-order valence-corrected chi connectivity index (χ3v) is 4.06. The van der Waals surface area contributed by atoms with E-state index in [9.17, 15) is 0 Å². The van der Waals surface area contributed by atoms with Crippen LogP contribution < -0.4 is 11.1 Å². The zero-order valence-corrected chi connectivity index (χ0v) is 10.6. The van der Waals surface area contributed by atoms with Gasteiger partial charge in [0.1, 0.15) is 5.82 Å². The highest BCUT2D eigenvalue weighted by molar-refractivity contribution is 5.65. The summed E-state index contributed by atoms with van der Waals surface area (Å²) in [6.45, 7) is 6.58. The van der Waals surface area contributed by atoms with Crippen molar-refractivity contribution in [2.45, 2.75) is 39.7 Å². The number of anilines is 2. The Labute approximate surface area is 97.2 Å². The van der Waals surface area contributed by atoms with Gasteiger partial charge < -0.3 is 11.1 Å². The Hall–Kier alpha value is -1.19. The van der Waals surface area contributed by atoms with Crippen LogP contribution in [0.2, 0.25) is 0 Å². The van der Waals surface area contributed by atoms with Gasteiger partial charge in [-0.05, 0) is 31.6 Å². The molecule has 1 aromatic heterocycles. The molecule has 0 aliphatic heterocycles. The standard InChI is InChI=1S/C12H22N4/c1-7-5-6-10(8(7)2)14-12-11(13)9(3)15-16(12)4/h7-8,10,14H,5-6,13H2,1-4H3. The van der Waals surface area contributed by atoms with Crippen LogP contribution in [0, 0.1) is 18.8 Å². The number of nitrogens with two attached hydrogens (primary N) is 1. The zero-order chi connectivity index (χ0) is 11.9. The lowest BCUT2D eigenvalue weighted by Crippen LogP contribution is -2.25. The lowest BCUT2D eigenvalue weighted by Gasteiger charge is -2.21. The second-order valence-corrected chi connectivity index (χ2v) is 5.14. The average molecular weight is 222 g/mol. The molecule has 3 atom stereocenters. The van der Waals surface area contributed by atoms with Crippen molar-refractivity contribution in [3.63, 3.8) is 0 Å². The van der Waals surface area contributed by atoms with Gasteiger partial charge in [-0.3, -0.25) is 4.68 Å². The van der Waals surface area contributed by atoms with E-state index in [1.165, 1.54) is 12.8 Å². The summed E-state index contributed by atoms with van der Waals surface area (Å²) in [5, 5.41) is 7.88. The molecule has 1 saturated carbocycles. The molecule has 2 rings (SSSR count). The molecule has 4 nitrogen and oxygen atoms in total. The summed E-state index contributed by atoms with van der Waals surface area (Å²) in [5.74, 6) is 2.48. The van der Waals surface area contributed by atoms with Gasteiger partial charge in [-0.2, -0.15) is 5.10 Å². The molecule has 0 bridgehead atoms. The molecule has 3 N–H and O–H groups in total. The van der Waals surface area contributed by atoms with Crippen molar-refractivity contribution in [3.8, 4) is 0 Å². The fourth-order valence-electron chi connectivity index (χ4n) is 2.59. The third-order valence-electron chi connectivity index (χ3n) is 4.06. The predicted molar refractivity (Wildman–Crippen MR) is 67.3 cm³/mol. The van der Waals surface area contributed by atoms with Gasteiger partial charge in [0, 0.05) is 13.1 Å². The quantitative estimate of drug-likeness (QED) is 0.806. The van der Waals surface area contributed by atoms with Crippen molar-refractivity contribution in [3.05, 3.63) is 5.69 Å². The number of nitrogens with zero attached hydrogens (tertiary/aromatic N) is 2. The smallest absolute Gasteiger partial charge is 0.147 e. The molecular weight excluding hydrogens is 200 g/mol. The summed E-state index contributed by atoms with van der Waals surface area (Å²) in [7, 11) is 1.94. The summed E-state index contributed by atoms with van der Waals surface area (Å²) in [5.41, 5.74) is 7.71. The maximum atomic E-state index is 6.02. The van der Waals surface area contributed by atoms with E-state index in [-0.39, 0.29) is 0 Å². The number of hydrogen-bond acceptors (Lipinski definition) is 3. The second-order valence-electron chi connectivity index (χ2n) is 5.14. The second kappa shape index (κ2) is 4.00. The van der Waals surface area contributed by atoms with E-state index >= 15 is 0 Å². The van der Waals surface area contributed by atoms with E-state index in [0.717, 1.165) is 23.1 Å². The minimum Gasteiger partial charge on any atom is -0.394 e. The van der Waals surface area contributed by atoms with Crippen molar-refractivity contribution in [2.75, 3.05) is 11.1 Å². The van der Waals surface area contributed by atoms with Crippen molar-refractivity contribution in [2.24, 2.45) is 18.9 Å². The maximum Gasteiger partial charge on any atom is 0.147 e. The molecule has 4 heteroatoms. The van der Waals surface area contributed by atoms with Crippen molar-refractivity contribution >= 4 is 11.5 Å². The first-order valence-corrected chi connectivity index (χ1v) is 6.06. The number of nitrogen functional groups attached to an aromatic ring is 1. The summed E-state index contributed by atoms with van der Waals surface area (Å²) in [6.07, 6.45) is 2.53. The molecule has 0 radical (unpaired) electrons. The van der Waals surface area contributed by atoms with Crippen LogP contribution in [0.25, 0.3) is 0 Å². The highest BCUT2D eigenvalue weighted by Gasteiger charge is 2.30.